The highest BCUT2D eigenvalue weighted by molar-refractivity contribution is 5.88. The second-order valence-electron chi connectivity index (χ2n) is 12.0. The highest BCUT2D eigenvalue weighted by Gasteiger charge is 2.30. The van der Waals surface area contributed by atoms with Crippen molar-refractivity contribution in [2.24, 2.45) is 0 Å². The molecule has 1 atom stereocenters. The number of alkyl carbamates (subject to hydrolysis) is 1. The van der Waals surface area contributed by atoms with Crippen LogP contribution in [0.4, 0.5) is 4.79 Å². The Morgan fingerprint density at radius 1 is 0.783 bits per heavy atom. The zero-order chi connectivity index (χ0) is 32.9. The van der Waals surface area contributed by atoms with Crippen LogP contribution in [-0.2, 0) is 38.6 Å². The first-order valence-corrected chi connectivity index (χ1v) is 15.9. The van der Waals surface area contributed by atoms with Crippen LogP contribution in [0.25, 0.3) is 10.8 Å². The second kappa shape index (κ2) is 16.8. The van der Waals surface area contributed by atoms with Crippen LogP contribution >= 0.6 is 0 Å². The monoisotopic (exact) mass is 626 g/mol. The molecule has 46 heavy (non-hydrogen) atoms. The molecular weight excluding hydrogens is 580 g/mol. The largest absolute Gasteiger partial charge is 0.488 e. The van der Waals surface area contributed by atoms with Crippen molar-refractivity contribution in [1.82, 2.24) is 10.2 Å². The lowest BCUT2D eigenvalue weighted by Gasteiger charge is -2.31. The smallest absolute Gasteiger partial charge is 0.408 e. The predicted octanol–water partition coefficient (Wildman–Crippen LogP) is 7.28. The molecule has 0 saturated heterocycles. The summed E-state index contributed by atoms with van der Waals surface area (Å²) in [6.45, 7) is 11.2. The number of fused-ring (bicyclic) bond motifs is 1. The number of ether oxygens (including phenoxy) is 4. The number of carbonyl (C=O) groups is 2. The van der Waals surface area contributed by atoms with E-state index in [0.717, 1.165) is 33.2 Å². The fourth-order valence-electron chi connectivity index (χ4n) is 5.18. The summed E-state index contributed by atoms with van der Waals surface area (Å²) in [5.74, 6) is 0.451. The summed E-state index contributed by atoms with van der Waals surface area (Å²) in [5, 5.41) is 4.99. The maximum absolute atomic E-state index is 14.5. The first-order chi connectivity index (χ1) is 22.1. The fourth-order valence-corrected chi connectivity index (χ4v) is 5.18. The topological polar surface area (TPSA) is 86.3 Å². The maximum atomic E-state index is 14.5. The molecule has 0 spiro atoms. The molecule has 4 aromatic carbocycles. The van der Waals surface area contributed by atoms with Crippen molar-refractivity contribution < 1.29 is 28.5 Å². The van der Waals surface area contributed by atoms with Gasteiger partial charge in [0.05, 0.1) is 6.54 Å². The van der Waals surface area contributed by atoms with Crippen LogP contribution in [0.15, 0.2) is 97.1 Å². The third kappa shape index (κ3) is 10.6. The standard InChI is InChI=1S/C38H46N2O6/c1-6-43-35(44-7-2)26-40(25-31-18-13-17-30-16-11-12-19-33(30)31)36(41)34(39-37(42)45-27-29-14-9-8-10-15-29)24-28-20-22-32(23-21-28)46-38(3,4)5/h8-23,34-35H,6-7,24-27H2,1-5H3,(H,39,42). The van der Waals surface area contributed by atoms with E-state index >= 15 is 0 Å². The molecule has 244 valence electrons. The molecule has 0 radical (unpaired) electrons. The summed E-state index contributed by atoms with van der Waals surface area (Å²) in [5.41, 5.74) is 2.35. The lowest BCUT2D eigenvalue weighted by molar-refractivity contribution is -0.160. The Balaban J connectivity index is 1.63. The predicted molar refractivity (Wildman–Crippen MR) is 180 cm³/mol. The van der Waals surface area contributed by atoms with Crippen molar-refractivity contribution in [2.45, 2.75) is 72.1 Å². The number of benzene rings is 4. The molecule has 0 saturated carbocycles. The van der Waals surface area contributed by atoms with Gasteiger partial charge in [-0.25, -0.2) is 4.79 Å². The first kappa shape index (κ1) is 34.5. The Bertz CT molecular complexity index is 1520. The van der Waals surface area contributed by atoms with E-state index in [1.807, 2.05) is 132 Å². The minimum Gasteiger partial charge on any atom is -0.488 e. The van der Waals surface area contributed by atoms with Crippen LogP contribution in [0, 0.1) is 0 Å². The van der Waals surface area contributed by atoms with Gasteiger partial charge in [-0.15, -0.1) is 0 Å². The molecule has 0 bridgehead atoms. The summed E-state index contributed by atoms with van der Waals surface area (Å²) < 4.78 is 23.3. The lowest BCUT2D eigenvalue weighted by Crippen LogP contribution is -2.51. The summed E-state index contributed by atoms with van der Waals surface area (Å²) in [4.78, 5) is 29.4. The molecule has 4 rings (SSSR count). The number of nitrogens with one attached hydrogen (secondary N) is 1. The fraction of sp³-hybridized carbons (Fsp3) is 0.368. The summed E-state index contributed by atoms with van der Waals surface area (Å²) in [6, 6.07) is 30.2. The number of rotatable bonds is 15. The summed E-state index contributed by atoms with van der Waals surface area (Å²) >= 11 is 0. The van der Waals surface area contributed by atoms with E-state index in [0.29, 0.717) is 19.8 Å². The van der Waals surface area contributed by atoms with Crippen molar-refractivity contribution in [1.29, 1.82) is 0 Å². The lowest BCUT2D eigenvalue weighted by atomic mass is 10.0. The van der Waals surface area contributed by atoms with E-state index in [2.05, 4.69) is 5.32 Å². The van der Waals surface area contributed by atoms with E-state index in [9.17, 15) is 9.59 Å². The number of carbonyl (C=O) groups excluding carboxylic acids is 2. The van der Waals surface area contributed by atoms with Gasteiger partial charge < -0.3 is 29.2 Å². The van der Waals surface area contributed by atoms with Gasteiger partial charge >= 0.3 is 6.09 Å². The minimum atomic E-state index is -0.920. The number of hydrogen-bond donors (Lipinski definition) is 1. The molecule has 0 heterocycles. The molecule has 2 amide bonds. The Morgan fingerprint density at radius 2 is 1.43 bits per heavy atom. The van der Waals surface area contributed by atoms with Gasteiger partial charge in [0.15, 0.2) is 6.29 Å². The van der Waals surface area contributed by atoms with Gasteiger partial charge in [-0.3, -0.25) is 4.79 Å². The third-order valence-corrected chi connectivity index (χ3v) is 7.22. The van der Waals surface area contributed by atoms with E-state index in [1.54, 1.807) is 4.90 Å². The van der Waals surface area contributed by atoms with Crippen LogP contribution < -0.4 is 10.1 Å². The van der Waals surface area contributed by atoms with E-state index in [1.165, 1.54) is 0 Å². The number of hydrogen-bond acceptors (Lipinski definition) is 6. The Labute approximate surface area is 272 Å². The molecule has 0 aromatic heterocycles. The highest BCUT2D eigenvalue weighted by atomic mass is 16.7. The van der Waals surface area contributed by atoms with E-state index < -0.39 is 18.4 Å². The Hall–Kier alpha value is -4.40. The van der Waals surface area contributed by atoms with Crippen molar-refractivity contribution in [2.75, 3.05) is 19.8 Å². The second-order valence-corrected chi connectivity index (χ2v) is 12.0. The van der Waals surface area contributed by atoms with Gasteiger partial charge in [0.25, 0.3) is 0 Å². The highest BCUT2D eigenvalue weighted by Crippen LogP contribution is 2.23. The molecule has 0 fully saturated rings. The van der Waals surface area contributed by atoms with E-state index in [-0.39, 0.29) is 31.1 Å². The molecule has 0 aliphatic heterocycles. The number of nitrogens with zero attached hydrogens (tertiary/aromatic N) is 1. The molecule has 0 aliphatic carbocycles. The molecular formula is C38H46N2O6. The minimum absolute atomic E-state index is 0.0862. The third-order valence-electron chi connectivity index (χ3n) is 7.22. The van der Waals surface area contributed by atoms with Gasteiger partial charge in [0, 0.05) is 26.2 Å². The number of amides is 2. The quantitative estimate of drug-likeness (QED) is 0.140. The normalized spacial score (nSPS) is 12.1. The molecule has 1 N–H and O–H groups in total. The van der Waals surface area contributed by atoms with Crippen LogP contribution in [0.1, 0.15) is 51.3 Å². The average molecular weight is 627 g/mol. The SMILES string of the molecule is CCOC(CN(Cc1cccc2ccccc12)C(=O)C(Cc1ccc(OC(C)(C)C)cc1)NC(=O)OCc1ccccc1)OCC. The van der Waals surface area contributed by atoms with E-state index in [4.69, 9.17) is 18.9 Å². The summed E-state index contributed by atoms with van der Waals surface area (Å²) in [7, 11) is 0. The van der Waals surface area contributed by atoms with Crippen molar-refractivity contribution in [3.8, 4) is 5.75 Å². The molecule has 0 aliphatic rings. The van der Waals surface area contributed by atoms with Gasteiger partial charge in [-0.05, 0) is 74.2 Å². The van der Waals surface area contributed by atoms with Gasteiger partial charge in [0.2, 0.25) is 5.91 Å². The molecule has 8 nitrogen and oxygen atoms in total. The zero-order valence-corrected chi connectivity index (χ0v) is 27.5. The molecule has 1 unspecified atom stereocenters. The van der Waals surface area contributed by atoms with Crippen LogP contribution in [0.2, 0.25) is 0 Å². The van der Waals surface area contributed by atoms with Crippen molar-refractivity contribution in [3.05, 3.63) is 114 Å². The zero-order valence-electron chi connectivity index (χ0n) is 27.5. The summed E-state index contributed by atoms with van der Waals surface area (Å²) in [6.07, 6.45) is -1.06. The molecule has 8 heteroatoms. The molecule has 4 aromatic rings. The van der Waals surface area contributed by atoms with Crippen LogP contribution in [-0.4, -0.2) is 54.6 Å². The van der Waals surface area contributed by atoms with Gasteiger partial charge in [-0.2, -0.15) is 0 Å². The van der Waals surface area contributed by atoms with Gasteiger partial charge in [0.1, 0.15) is 24.0 Å². The Kier molecular flexibility index (Phi) is 12.6. The van der Waals surface area contributed by atoms with Crippen LogP contribution in [0.5, 0.6) is 5.75 Å². The van der Waals surface area contributed by atoms with Crippen LogP contribution in [0.3, 0.4) is 0 Å². The van der Waals surface area contributed by atoms with Crippen molar-refractivity contribution in [3.63, 3.8) is 0 Å². The maximum Gasteiger partial charge on any atom is 0.408 e. The Morgan fingerprint density at radius 3 is 2.11 bits per heavy atom. The van der Waals surface area contributed by atoms with Gasteiger partial charge in [-0.1, -0.05) is 84.9 Å². The van der Waals surface area contributed by atoms with Crippen molar-refractivity contribution >= 4 is 22.8 Å². The average Bonchev–Trinajstić information content (AvgIpc) is 3.04. The first-order valence-electron chi connectivity index (χ1n) is 15.9.